The first-order valence-electron chi connectivity index (χ1n) is 9.20. The minimum Gasteiger partial charge on any atom is -0.457 e. The fourth-order valence-corrected chi connectivity index (χ4v) is 3.51. The molecule has 3 aromatic rings. The summed E-state index contributed by atoms with van der Waals surface area (Å²) >= 11 is 6.06. The van der Waals surface area contributed by atoms with E-state index in [-0.39, 0.29) is 0 Å². The van der Waals surface area contributed by atoms with Crippen LogP contribution in [0.2, 0.25) is 5.02 Å². The van der Waals surface area contributed by atoms with Crippen LogP contribution in [-0.2, 0) is 0 Å². The van der Waals surface area contributed by atoms with Crippen LogP contribution in [0.4, 0.5) is 5.82 Å². The number of aromatic nitrogens is 2. The number of nitrogens with two attached hydrogens (primary N) is 1. The van der Waals surface area contributed by atoms with E-state index in [0.29, 0.717) is 11.9 Å². The van der Waals surface area contributed by atoms with Gasteiger partial charge in [0.1, 0.15) is 17.3 Å². The number of benzene rings is 2. The Hall–Kier alpha value is -2.50. The van der Waals surface area contributed by atoms with E-state index < -0.39 is 0 Å². The number of nitrogens with one attached hydrogen (secondary N) is 1. The summed E-state index contributed by atoms with van der Waals surface area (Å²) in [6.45, 7) is 3.94. The molecule has 1 aliphatic rings. The lowest BCUT2D eigenvalue weighted by Gasteiger charge is -2.23. The van der Waals surface area contributed by atoms with Crippen molar-refractivity contribution in [1.82, 2.24) is 15.1 Å². The van der Waals surface area contributed by atoms with Crippen LogP contribution >= 0.6 is 11.6 Å². The molecule has 1 aliphatic heterocycles. The highest BCUT2D eigenvalue weighted by Crippen LogP contribution is 2.29. The summed E-state index contributed by atoms with van der Waals surface area (Å²) in [5.41, 5.74) is 9.09. The van der Waals surface area contributed by atoms with Gasteiger partial charge in [0.2, 0.25) is 0 Å². The van der Waals surface area contributed by atoms with Crippen LogP contribution in [0.5, 0.6) is 11.5 Å². The van der Waals surface area contributed by atoms with Crippen molar-refractivity contribution in [3.05, 3.63) is 59.1 Å². The van der Waals surface area contributed by atoms with E-state index in [9.17, 15) is 0 Å². The maximum absolute atomic E-state index is 6.21. The standard InChI is InChI=1S/C21H23ClN4O/c1-14-11-18(8-9-19(14)22)27-17-6-4-15(5-7-17)20-12-21(23)26(25-20)16-3-2-10-24-13-16/h4-9,11-12,16,24H,2-3,10,13,23H2,1H3. The molecule has 0 aliphatic carbocycles. The zero-order valence-electron chi connectivity index (χ0n) is 15.3. The molecule has 6 heteroatoms. The Bertz CT molecular complexity index is 930. The summed E-state index contributed by atoms with van der Waals surface area (Å²) in [6.07, 6.45) is 2.25. The molecule has 27 heavy (non-hydrogen) atoms. The summed E-state index contributed by atoms with van der Waals surface area (Å²) in [7, 11) is 0. The minimum atomic E-state index is 0.322. The predicted octanol–water partition coefficient (Wildman–Crippen LogP) is 4.81. The van der Waals surface area contributed by atoms with Crippen molar-refractivity contribution in [3.8, 4) is 22.8 Å². The molecule has 1 atom stereocenters. The van der Waals surface area contributed by atoms with Gasteiger partial charge in [0, 0.05) is 23.2 Å². The molecule has 140 valence electrons. The summed E-state index contributed by atoms with van der Waals surface area (Å²) in [5.74, 6) is 2.24. The number of nitrogen functional groups attached to an aromatic ring is 1. The maximum Gasteiger partial charge on any atom is 0.127 e. The highest BCUT2D eigenvalue weighted by molar-refractivity contribution is 6.31. The Balaban J connectivity index is 1.51. The Morgan fingerprint density at radius 2 is 1.93 bits per heavy atom. The molecule has 0 spiro atoms. The van der Waals surface area contributed by atoms with Gasteiger partial charge in [0.15, 0.2) is 0 Å². The quantitative estimate of drug-likeness (QED) is 0.679. The highest BCUT2D eigenvalue weighted by atomic mass is 35.5. The molecule has 2 heterocycles. The van der Waals surface area contributed by atoms with Crippen molar-refractivity contribution >= 4 is 17.4 Å². The molecule has 5 nitrogen and oxygen atoms in total. The van der Waals surface area contributed by atoms with E-state index in [1.165, 1.54) is 0 Å². The number of hydrogen-bond acceptors (Lipinski definition) is 4. The largest absolute Gasteiger partial charge is 0.457 e. The molecular formula is C21H23ClN4O. The Morgan fingerprint density at radius 1 is 1.15 bits per heavy atom. The average molecular weight is 383 g/mol. The second-order valence-electron chi connectivity index (χ2n) is 6.94. The average Bonchev–Trinajstić information content (AvgIpc) is 3.08. The second-order valence-corrected chi connectivity index (χ2v) is 7.34. The van der Waals surface area contributed by atoms with Crippen molar-refractivity contribution in [1.29, 1.82) is 0 Å². The zero-order chi connectivity index (χ0) is 18.8. The third-order valence-corrected chi connectivity index (χ3v) is 5.32. The number of ether oxygens (including phenoxy) is 1. The second kappa shape index (κ2) is 7.62. The van der Waals surface area contributed by atoms with Crippen LogP contribution in [0.1, 0.15) is 24.4 Å². The SMILES string of the molecule is Cc1cc(Oc2ccc(-c3cc(N)n(C4CCCNC4)n3)cc2)ccc1Cl. The molecular weight excluding hydrogens is 360 g/mol. The van der Waals surface area contributed by atoms with Gasteiger partial charge >= 0.3 is 0 Å². The van der Waals surface area contributed by atoms with E-state index in [2.05, 4.69) is 5.32 Å². The maximum atomic E-state index is 6.21. The predicted molar refractivity (Wildman–Crippen MR) is 109 cm³/mol. The van der Waals surface area contributed by atoms with E-state index in [1.807, 2.05) is 60.1 Å². The van der Waals surface area contributed by atoms with Crippen LogP contribution in [-0.4, -0.2) is 22.9 Å². The first-order valence-corrected chi connectivity index (χ1v) is 9.58. The van der Waals surface area contributed by atoms with Crippen LogP contribution in [0.3, 0.4) is 0 Å². The fourth-order valence-electron chi connectivity index (χ4n) is 3.40. The van der Waals surface area contributed by atoms with E-state index in [1.54, 1.807) is 0 Å². The minimum absolute atomic E-state index is 0.322. The molecule has 0 radical (unpaired) electrons. The number of anilines is 1. The molecule has 0 amide bonds. The monoisotopic (exact) mass is 382 g/mol. The first-order chi connectivity index (χ1) is 13.1. The molecule has 1 aromatic heterocycles. The number of nitrogens with zero attached hydrogens (tertiary/aromatic N) is 2. The normalized spacial score (nSPS) is 17.0. The topological polar surface area (TPSA) is 65.1 Å². The van der Waals surface area contributed by atoms with Crippen LogP contribution in [0.15, 0.2) is 48.5 Å². The van der Waals surface area contributed by atoms with Gasteiger partial charge in [-0.2, -0.15) is 5.10 Å². The van der Waals surface area contributed by atoms with Crippen LogP contribution in [0, 0.1) is 6.92 Å². The van der Waals surface area contributed by atoms with Gasteiger partial charge in [0.25, 0.3) is 0 Å². The number of hydrogen-bond donors (Lipinski definition) is 2. The van der Waals surface area contributed by atoms with E-state index >= 15 is 0 Å². The van der Waals surface area contributed by atoms with Gasteiger partial charge in [-0.3, -0.25) is 0 Å². The van der Waals surface area contributed by atoms with Crippen molar-refractivity contribution in [3.63, 3.8) is 0 Å². The summed E-state index contributed by atoms with van der Waals surface area (Å²) < 4.78 is 7.86. The molecule has 0 saturated carbocycles. The zero-order valence-corrected chi connectivity index (χ0v) is 16.0. The van der Waals surface area contributed by atoms with Crippen molar-refractivity contribution in [2.75, 3.05) is 18.8 Å². The van der Waals surface area contributed by atoms with Gasteiger partial charge in [-0.25, -0.2) is 4.68 Å². The number of halogens is 1. The molecule has 4 rings (SSSR count). The lowest BCUT2D eigenvalue weighted by Crippen LogP contribution is -2.32. The molecule has 3 N–H and O–H groups in total. The Kier molecular flexibility index (Phi) is 5.05. The van der Waals surface area contributed by atoms with Crippen molar-refractivity contribution in [2.24, 2.45) is 0 Å². The Morgan fingerprint density at radius 3 is 2.63 bits per heavy atom. The summed E-state index contributed by atoms with van der Waals surface area (Å²) in [6, 6.07) is 15.8. The van der Waals surface area contributed by atoms with Crippen LogP contribution in [0.25, 0.3) is 11.3 Å². The van der Waals surface area contributed by atoms with E-state index in [4.69, 9.17) is 27.2 Å². The molecule has 1 saturated heterocycles. The van der Waals surface area contributed by atoms with E-state index in [0.717, 1.165) is 59.3 Å². The number of piperidine rings is 1. The van der Waals surface area contributed by atoms with Gasteiger partial charge in [-0.05, 0) is 74.3 Å². The van der Waals surface area contributed by atoms with Gasteiger partial charge < -0.3 is 15.8 Å². The summed E-state index contributed by atoms with van der Waals surface area (Å²) in [4.78, 5) is 0. The lowest BCUT2D eigenvalue weighted by molar-refractivity contribution is 0.351. The van der Waals surface area contributed by atoms with Gasteiger partial charge in [-0.15, -0.1) is 0 Å². The van der Waals surface area contributed by atoms with Crippen LogP contribution < -0.4 is 15.8 Å². The third kappa shape index (κ3) is 3.94. The number of rotatable bonds is 4. The van der Waals surface area contributed by atoms with Crippen molar-refractivity contribution < 1.29 is 4.74 Å². The lowest BCUT2D eigenvalue weighted by atomic mass is 10.1. The molecule has 0 bridgehead atoms. The molecule has 1 fully saturated rings. The molecule has 2 aromatic carbocycles. The number of aryl methyl sites for hydroxylation is 1. The first kappa shape index (κ1) is 17.9. The smallest absolute Gasteiger partial charge is 0.127 e. The third-order valence-electron chi connectivity index (χ3n) is 4.90. The van der Waals surface area contributed by atoms with Crippen molar-refractivity contribution in [2.45, 2.75) is 25.8 Å². The highest BCUT2D eigenvalue weighted by Gasteiger charge is 2.19. The fraction of sp³-hybridized carbons (Fsp3) is 0.286. The van der Waals surface area contributed by atoms with Gasteiger partial charge in [-0.1, -0.05) is 11.6 Å². The van der Waals surface area contributed by atoms with Gasteiger partial charge in [0.05, 0.1) is 11.7 Å². The summed E-state index contributed by atoms with van der Waals surface area (Å²) in [5, 5.41) is 8.88. The molecule has 1 unspecified atom stereocenters. The Labute approximate surface area is 164 Å².